The summed E-state index contributed by atoms with van der Waals surface area (Å²) < 4.78 is 10.5. The zero-order chi connectivity index (χ0) is 14.4. The van der Waals surface area contributed by atoms with Crippen LogP contribution in [0.5, 0.6) is 11.5 Å². The molecule has 7 heteroatoms. The molecule has 0 aliphatic carbocycles. The normalized spacial score (nSPS) is 10.6. The van der Waals surface area contributed by atoms with E-state index in [0.29, 0.717) is 22.5 Å². The summed E-state index contributed by atoms with van der Waals surface area (Å²) in [4.78, 5) is 0. The van der Waals surface area contributed by atoms with Gasteiger partial charge in [0.25, 0.3) is 0 Å². The van der Waals surface area contributed by atoms with Gasteiger partial charge in [0.1, 0.15) is 0 Å². The Morgan fingerprint density at radius 1 is 1.15 bits per heavy atom. The van der Waals surface area contributed by atoms with E-state index in [1.54, 1.807) is 32.6 Å². The maximum atomic E-state index is 5.64. The number of nitrogens with zero attached hydrogens (tertiary/aromatic N) is 3. The van der Waals surface area contributed by atoms with Crippen molar-refractivity contribution in [1.29, 1.82) is 0 Å². The molecule has 1 heterocycles. The summed E-state index contributed by atoms with van der Waals surface area (Å²) in [6.07, 6.45) is 1.61. The number of ether oxygens (including phenoxy) is 2. The van der Waals surface area contributed by atoms with Crippen LogP contribution in [0, 0.1) is 0 Å². The summed E-state index contributed by atoms with van der Waals surface area (Å²) in [5, 5.41) is 11.9. The number of anilines is 1. The first-order valence-electron chi connectivity index (χ1n) is 5.74. The molecule has 2 rings (SSSR count). The van der Waals surface area contributed by atoms with Gasteiger partial charge in [-0.3, -0.25) is 5.43 Å². The van der Waals surface area contributed by atoms with E-state index in [1.807, 2.05) is 18.2 Å². The van der Waals surface area contributed by atoms with Gasteiger partial charge in [0.05, 0.1) is 20.4 Å². The fourth-order valence-electron chi connectivity index (χ4n) is 1.56. The zero-order valence-electron chi connectivity index (χ0n) is 11.0. The molecule has 0 fully saturated rings. The molecule has 0 aliphatic heterocycles. The number of nitrogens with one attached hydrogen (secondary N) is 1. The molecule has 0 aliphatic rings. The highest BCUT2D eigenvalue weighted by Crippen LogP contribution is 2.29. The average Bonchev–Trinajstić information content (AvgIpc) is 2.49. The van der Waals surface area contributed by atoms with E-state index >= 15 is 0 Å². The standard InChI is InChI=1S/C13H13ClN4O2/c1-19-10-5-3-4-9(13(10)20-2)8-15-17-12-7-6-11(14)16-18-12/h3-8H,1-2H3,(H,17,18)/b15-8-. The maximum Gasteiger partial charge on any atom is 0.169 e. The number of hydrazone groups is 1. The minimum Gasteiger partial charge on any atom is -0.493 e. The first-order chi connectivity index (χ1) is 9.74. The number of methoxy groups -OCH3 is 2. The van der Waals surface area contributed by atoms with Gasteiger partial charge < -0.3 is 9.47 Å². The van der Waals surface area contributed by atoms with Crippen molar-refractivity contribution in [2.24, 2.45) is 5.10 Å². The van der Waals surface area contributed by atoms with Crippen LogP contribution in [0.2, 0.25) is 5.15 Å². The molecule has 20 heavy (non-hydrogen) atoms. The predicted molar refractivity (Wildman–Crippen MR) is 77.8 cm³/mol. The van der Waals surface area contributed by atoms with Crippen molar-refractivity contribution in [3.05, 3.63) is 41.0 Å². The van der Waals surface area contributed by atoms with Crippen LogP contribution in [0.25, 0.3) is 0 Å². The van der Waals surface area contributed by atoms with E-state index in [0.717, 1.165) is 5.56 Å². The maximum absolute atomic E-state index is 5.64. The van der Waals surface area contributed by atoms with Crippen molar-refractivity contribution >= 4 is 23.6 Å². The largest absolute Gasteiger partial charge is 0.493 e. The van der Waals surface area contributed by atoms with Crippen molar-refractivity contribution < 1.29 is 9.47 Å². The Labute approximate surface area is 121 Å². The summed E-state index contributed by atoms with van der Waals surface area (Å²) in [5.74, 6) is 1.75. The van der Waals surface area contributed by atoms with Gasteiger partial charge in [-0.2, -0.15) is 5.10 Å². The topological polar surface area (TPSA) is 68.6 Å². The van der Waals surface area contributed by atoms with Gasteiger partial charge in [-0.25, -0.2) is 0 Å². The second-order valence-corrected chi connectivity index (χ2v) is 4.08. The lowest BCUT2D eigenvalue weighted by molar-refractivity contribution is 0.354. The fourth-order valence-corrected chi connectivity index (χ4v) is 1.66. The molecule has 0 atom stereocenters. The third-order valence-corrected chi connectivity index (χ3v) is 2.65. The number of benzene rings is 1. The van der Waals surface area contributed by atoms with Gasteiger partial charge in [-0.15, -0.1) is 10.2 Å². The molecular weight excluding hydrogens is 280 g/mol. The number of rotatable bonds is 5. The molecule has 104 valence electrons. The molecule has 0 bridgehead atoms. The van der Waals surface area contributed by atoms with Crippen molar-refractivity contribution in [3.8, 4) is 11.5 Å². The third-order valence-electron chi connectivity index (χ3n) is 2.45. The number of para-hydroxylation sites is 1. The van der Waals surface area contributed by atoms with Gasteiger partial charge in [0.15, 0.2) is 22.5 Å². The number of halogens is 1. The average molecular weight is 293 g/mol. The molecule has 0 saturated carbocycles. The lowest BCUT2D eigenvalue weighted by atomic mass is 10.2. The van der Waals surface area contributed by atoms with Crippen molar-refractivity contribution in [3.63, 3.8) is 0 Å². The van der Waals surface area contributed by atoms with Gasteiger partial charge in [-0.1, -0.05) is 17.7 Å². The van der Waals surface area contributed by atoms with E-state index in [4.69, 9.17) is 21.1 Å². The highest BCUT2D eigenvalue weighted by molar-refractivity contribution is 6.29. The quantitative estimate of drug-likeness (QED) is 0.677. The molecule has 1 aromatic heterocycles. The minimum absolute atomic E-state index is 0.328. The Morgan fingerprint density at radius 3 is 2.65 bits per heavy atom. The van der Waals surface area contributed by atoms with Crippen LogP contribution in [-0.4, -0.2) is 30.6 Å². The summed E-state index contributed by atoms with van der Waals surface area (Å²) in [6, 6.07) is 8.83. The Kier molecular flexibility index (Phi) is 4.73. The lowest BCUT2D eigenvalue weighted by Crippen LogP contribution is -1.98. The summed E-state index contributed by atoms with van der Waals surface area (Å²) in [7, 11) is 3.16. The van der Waals surface area contributed by atoms with Gasteiger partial charge in [-0.05, 0) is 24.3 Å². The molecular formula is C13H13ClN4O2. The van der Waals surface area contributed by atoms with Crippen LogP contribution in [0.15, 0.2) is 35.4 Å². The highest BCUT2D eigenvalue weighted by Gasteiger charge is 2.07. The van der Waals surface area contributed by atoms with Crippen LogP contribution >= 0.6 is 11.6 Å². The Hall–Kier alpha value is -2.34. The van der Waals surface area contributed by atoms with Gasteiger partial charge >= 0.3 is 0 Å². The molecule has 0 saturated heterocycles. The fraction of sp³-hybridized carbons (Fsp3) is 0.154. The second-order valence-electron chi connectivity index (χ2n) is 3.69. The lowest BCUT2D eigenvalue weighted by Gasteiger charge is -2.09. The van der Waals surface area contributed by atoms with E-state index in [1.165, 1.54) is 0 Å². The van der Waals surface area contributed by atoms with Crippen LogP contribution in [0.4, 0.5) is 5.82 Å². The van der Waals surface area contributed by atoms with Crippen molar-refractivity contribution in [2.75, 3.05) is 19.6 Å². The molecule has 6 nitrogen and oxygen atoms in total. The predicted octanol–water partition coefficient (Wildman–Crippen LogP) is 2.59. The SMILES string of the molecule is COc1cccc(/C=N\Nc2ccc(Cl)nn2)c1OC. The van der Waals surface area contributed by atoms with E-state index in [-0.39, 0.29) is 0 Å². The monoisotopic (exact) mass is 292 g/mol. The van der Waals surface area contributed by atoms with Crippen LogP contribution in [0.3, 0.4) is 0 Å². The van der Waals surface area contributed by atoms with Crippen molar-refractivity contribution in [1.82, 2.24) is 10.2 Å². The van der Waals surface area contributed by atoms with E-state index < -0.39 is 0 Å². The van der Waals surface area contributed by atoms with Crippen molar-refractivity contribution in [2.45, 2.75) is 0 Å². The Bertz CT molecular complexity index is 602. The van der Waals surface area contributed by atoms with Crippen LogP contribution in [-0.2, 0) is 0 Å². The molecule has 1 N–H and O–H groups in total. The number of aromatic nitrogens is 2. The van der Waals surface area contributed by atoms with E-state index in [2.05, 4.69) is 20.7 Å². The first-order valence-corrected chi connectivity index (χ1v) is 6.11. The smallest absolute Gasteiger partial charge is 0.169 e. The molecule has 2 aromatic rings. The van der Waals surface area contributed by atoms with Crippen LogP contribution < -0.4 is 14.9 Å². The Morgan fingerprint density at radius 2 is 2.00 bits per heavy atom. The first kappa shape index (κ1) is 14.1. The third kappa shape index (κ3) is 3.36. The molecule has 0 amide bonds. The highest BCUT2D eigenvalue weighted by atomic mass is 35.5. The molecule has 1 aromatic carbocycles. The van der Waals surface area contributed by atoms with Gasteiger partial charge in [0.2, 0.25) is 0 Å². The zero-order valence-corrected chi connectivity index (χ0v) is 11.8. The second kappa shape index (κ2) is 6.72. The number of hydrogen-bond donors (Lipinski definition) is 1. The number of hydrogen-bond acceptors (Lipinski definition) is 6. The Balaban J connectivity index is 2.13. The summed E-state index contributed by atoms with van der Waals surface area (Å²) >= 11 is 5.64. The summed E-state index contributed by atoms with van der Waals surface area (Å²) in [6.45, 7) is 0. The summed E-state index contributed by atoms with van der Waals surface area (Å²) in [5.41, 5.74) is 3.53. The molecule has 0 unspecified atom stereocenters. The van der Waals surface area contributed by atoms with Gasteiger partial charge in [0, 0.05) is 5.56 Å². The van der Waals surface area contributed by atoms with Crippen LogP contribution in [0.1, 0.15) is 5.56 Å². The molecule has 0 spiro atoms. The molecule has 0 radical (unpaired) electrons. The van der Waals surface area contributed by atoms with E-state index in [9.17, 15) is 0 Å². The minimum atomic E-state index is 0.328.